The van der Waals surface area contributed by atoms with Crippen molar-refractivity contribution in [2.45, 2.75) is 31.3 Å². The second-order valence-corrected chi connectivity index (χ2v) is 9.55. The second-order valence-electron chi connectivity index (χ2n) is 6.81. The van der Waals surface area contributed by atoms with E-state index >= 15 is 0 Å². The van der Waals surface area contributed by atoms with Crippen LogP contribution in [0.2, 0.25) is 0 Å². The smallest absolute Gasteiger partial charge is 0.422 e. The molecule has 0 radical (unpaired) electrons. The van der Waals surface area contributed by atoms with E-state index in [-0.39, 0.29) is 35.6 Å². The lowest BCUT2D eigenvalue weighted by molar-refractivity contribution is -0.154. The molecule has 12 heteroatoms. The maximum absolute atomic E-state index is 12.1. The molecule has 7 nitrogen and oxygen atoms in total. The molecule has 0 saturated carbocycles. The summed E-state index contributed by atoms with van der Waals surface area (Å²) >= 11 is 0. The summed E-state index contributed by atoms with van der Waals surface area (Å²) in [7, 11) is -1.55. The van der Waals surface area contributed by atoms with Crippen molar-refractivity contribution in [3.05, 3.63) is 23.9 Å². The summed E-state index contributed by atoms with van der Waals surface area (Å²) in [6.45, 7) is 2.98. The van der Waals surface area contributed by atoms with E-state index in [1.165, 1.54) is 12.3 Å². The molecule has 28 heavy (non-hydrogen) atoms. The Morgan fingerprint density at radius 2 is 2.07 bits per heavy atom. The van der Waals surface area contributed by atoms with E-state index in [1.807, 2.05) is 4.90 Å². The molecule has 1 aromatic rings. The number of aromatic nitrogens is 1. The summed E-state index contributed by atoms with van der Waals surface area (Å²) in [5.41, 5.74) is 0.722. The SMILES string of the molecule is CN=C(NCc1ccc(OCC(F)(F)F)nc1)N1CCS(=O)(=O)C(C)(C)C1.I. The number of aliphatic imine (C=N–C) groups is 1. The molecule has 1 fully saturated rings. The molecule has 1 aliphatic heterocycles. The number of hydrogen-bond donors (Lipinski definition) is 1. The molecule has 0 bridgehead atoms. The predicted molar refractivity (Wildman–Crippen MR) is 111 cm³/mol. The molecule has 0 amide bonds. The molecule has 1 saturated heterocycles. The maximum Gasteiger partial charge on any atom is 0.422 e. The molecule has 0 unspecified atom stereocenters. The first-order chi connectivity index (χ1) is 12.4. The molecule has 0 aliphatic carbocycles. The normalized spacial score (nSPS) is 18.9. The Hall–Kier alpha value is -1.31. The third kappa shape index (κ3) is 6.64. The molecule has 2 heterocycles. The van der Waals surface area contributed by atoms with Crippen molar-refractivity contribution in [1.82, 2.24) is 15.2 Å². The molecular formula is C16H24F3IN4O3S. The van der Waals surface area contributed by atoms with Gasteiger partial charge >= 0.3 is 6.18 Å². The van der Waals surface area contributed by atoms with E-state index in [1.54, 1.807) is 27.0 Å². The Balaban J connectivity index is 0.00000392. The lowest BCUT2D eigenvalue weighted by Gasteiger charge is -2.39. The van der Waals surface area contributed by atoms with E-state index in [0.717, 1.165) is 5.56 Å². The topological polar surface area (TPSA) is 83.9 Å². The number of alkyl halides is 3. The summed E-state index contributed by atoms with van der Waals surface area (Å²) in [6, 6.07) is 2.96. The molecular weight excluding hydrogens is 512 g/mol. The van der Waals surface area contributed by atoms with Gasteiger partial charge in [0.05, 0.1) is 10.5 Å². The molecule has 1 aliphatic rings. The van der Waals surface area contributed by atoms with Crippen LogP contribution in [-0.4, -0.2) is 67.7 Å². The van der Waals surface area contributed by atoms with Crippen molar-refractivity contribution in [3.63, 3.8) is 0 Å². The van der Waals surface area contributed by atoms with Gasteiger partial charge in [-0.15, -0.1) is 24.0 Å². The van der Waals surface area contributed by atoms with Crippen LogP contribution in [0.3, 0.4) is 0 Å². The molecule has 2 rings (SSSR count). The minimum atomic E-state index is -4.41. The third-order valence-corrected chi connectivity index (χ3v) is 6.72. The van der Waals surface area contributed by atoms with Crippen LogP contribution in [0.4, 0.5) is 13.2 Å². The summed E-state index contributed by atoms with van der Waals surface area (Å²) < 4.78 is 64.3. The lowest BCUT2D eigenvalue weighted by atomic mass is 10.2. The summed E-state index contributed by atoms with van der Waals surface area (Å²) in [6.07, 6.45) is -3.00. The lowest BCUT2D eigenvalue weighted by Crippen LogP contribution is -2.57. The monoisotopic (exact) mass is 536 g/mol. The Morgan fingerprint density at radius 3 is 2.57 bits per heavy atom. The van der Waals surface area contributed by atoms with Crippen LogP contribution >= 0.6 is 24.0 Å². The third-order valence-electron chi connectivity index (χ3n) is 4.19. The Bertz CT molecular complexity index is 783. The highest BCUT2D eigenvalue weighted by atomic mass is 127. The predicted octanol–water partition coefficient (Wildman–Crippen LogP) is 2.23. The quantitative estimate of drug-likeness (QED) is 0.361. The average molecular weight is 536 g/mol. The Morgan fingerprint density at radius 1 is 1.39 bits per heavy atom. The molecule has 160 valence electrons. The molecule has 0 aromatic carbocycles. The van der Waals surface area contributed by atoms with Crippen molar-refractivity contribution in [2.75, 3.05) is 32.5 Å². The van der Waals surface area contributed by atoms with Gasteiger partial charge in [0.2, 0.25) is 5.88 Å². The highest BCUT2D eigenvalue weighted by Crippen LogP contribution is 2.23. The van der Waals surface area contributed by atoms with E-state index in [0.29, 0.717) is 25.6 Å². The van der Waals surface area contributed by atoms with Gasteiger partial charge < -0.3 is 15.0 Å². The number of nitrogens with one attached hydrogen (secondary N) is 1. The molecule has 0 atom stereocenters. The first-order valence-corrected chi connectivity index (χ1v) is 9.91. The van der Waals surface area contributed by atoms with E-state index in [4.69, 9.17) is 0 Å². The van der Waals surface area contributed by atoms with Gasteiger partial charge in [-0.3, -0.25) is 4.99 Å². The fourth-order valence-corrected chi connectivity index (χ4v) is 3.96. The van der Waals surface area contributed by atoms with Gasteiger partial charge in [-0.05, 0) is 19.4 Å². The number of halogens is 4. The van der Waals surface area contributed by atoms with Crippen molar-refractivity contribution in [2.24, 2.45) is 4.99 Å². The van der Waals surface area contributed by atoms with Crippen LogP contribution in [0.25, 0.3) is 0 Å². The van der Waals surface area contributed by atoms with Gasteiger partial charge in [0.25, 0.3) is 0 Å². The Kier molecular flexibility index (Phi) is 8.35. The van der Waals surface area contributed by atoms with Gasteiger partial charge in [-0.2, -0.15) is 13.2 Å². The minimum Gasteiger partial charge on any atom is -0.468 e. The van der Waals surface area contributed by atoms with Gasteiger partial charge in [0.15, 0.2) is 22.4 Å². The number of nitrogens with zero attached hydrogens (tertiary/aromatic N) is 3. The zero-order chi connectivity index (χ0) is 20.3. The molecule has 1 aromatic heterocycles. The van der Waals surface area contributed by atoms with Crippen LogP contribution in [0.1, 0.15) is 19.4 Å². The number of ether oxygens (including phenoxy) is 1. The van der Waals surface area contributed by atoms with Crippen molar-refractivity contribution < 1.29 is 26.3 Å². The van der Waals surface area contributed by atoms with Gasteiger partial charge in [-0.1, -0.05) is 6.07 Å². The van der Waals surface area contributed by atoms with Gasteiger partial charge in [0.1, 0.15) is 0 Å². The highest BCUT2D eigenvalue weighted by Gasteiger charge is 2.40. The standard InChI is InChI=1S/C16H23F3N4O3S.HI/c1-15(2)10-23(6-7-27(15,24)25)14(20-3)22-9-12-4-5-13(21-8-12)26-11-16(17,18)19;/h4-5,8H,6-7,9-11H2,1-3H3,(H,20,22);1H. The number of rotatable bonds is 4. The van der Waals surface area contributed by atoms with Crippen molar-refractivity contribution in [3.8, 4) is 5.88 Å². The molecule has 0 spiro atoms. The fourth-order valence-electron chi connectivity index (χ4n) is 2.59. The van der Waals surface area contributed by atoms with Crippen LogP contribution in [0, 0.1) is 0 Å². The van der Waals surface area contributed by atoms with Crippen LogP contribution in [0.15, 0.2) is 23.3 Å². The zero-order valence-corrected chi connectivity index (χ0v) is 18.9. The summed E-state index contributed by atoms with van der Waals surface area (Å²) in [5.74, 6) is 0.492. The van der Waals surface area contributed by atoms with E-state index in [9.17, 15) is 21.6 Å². The van der Waals surface area contributed by atoms with Gasteiger partial charge in [-0.25, -0.2) is 13.4 Å². The van der Waals surface area contributed by atoms with E-state index < -0.39 is 27.4 Å². The second kappa shape index (κ2) is 9.46. The van der Waals surface area contributed by atoms with Crippen LogP contribution in [-0.2, 0) is 16.4 Å². The van der Waals surface area contributed by atoms with Crippen LogP contribution in [0.5, 0.6) is 5.88 Å². The van der Waals surface area contributed by atoms with Crippen LogP contribution < -0.4 is 10.1 Å². The van der Waals surface area contributed by atoms with Crippen molar-refractivity contribution >= 4 is 39.8 Å². The number of sulfone groups is 1. The van der Waals surface area contributed by atoms with Gasteiger partial charge in [0, 0.05) is 38.9 Å². The zero-order valence-electron chi connectivity index (χ0n) is 15.8. The molecule has 1 N–H and O–H groups in total. The highest BCUT2D eigenvalue weighted by molar-refractivity contribution is 14.0. The summed E-state index contributed by atoms with van der Waals surface area (Å²) in [5, 5.41) is 3.12. The first-order valence-electron chi connectivity index (χ1n) is 8.26. The van der Waals surface area contributed by atoms with Crippen molar-refractivity contribution in [1.29, 1.82) is 0 Å². The van der Waals surface area contributed by atoms with E-state index in [2.05, 4.69) is 20.0 Å². The largest absolute Gasteiger partial charge is 0.468 e. The average Bonchev–Trinajstić information content (AvgIpc) is 2.57. The number of hydrogen-bond acceptors (Lipinski definition) is 5. The first kappa shape index (κ1) is 24.7. The number of guanidine groups is 1. The number of pyridine rings is 1. The summed E-state index contributed by atoms with van der Waals surface area (Å²) in [4.78, 5) is 9.90. The minimum absolute atomic E-state index is 0. The maximum atomic E-state index is 12.1. The Labute approximate surface area is 179 Å². The fraction of sp³-hybridized carbons (Fsp3) is 0.625.